The highest BCUT2D eigenvalue weighted by molar-refractivity contribution is 8.15. The van der Waals surface area contributed by atoms with Crippen LogP contribution in [-0.4, -0.2) is 64.8 Å². The molecule has 14 heteroatoms. The molecule has 0 spiro atoms. The Morgan fingerprint density at radius 3 is 2.40 bits per heavy atom. The van der Waals surface area contributed by atoms with Gasteiger partial charge >= 0.3 is 12.1 Å². The molecular weight excluding hydrogens is 572 g/mol. The van der Waals surface area contributed by atoms with Crippen LogP contribution in [0.15, 0.2) is 77.9 Å². The van der Waals surface area contributed by atoms with Gasteiger partial charge in [0.2, 0.25) is 0 Å². The van der Waals surface area contributed by atoms with E-state index in [1.807, 2.05) is 0 Å². The minimum Gasteiger partial charge on any atom is -0.410 e. The number of ether oxygens (including phenoxy) is 1. The molecular formula is C28H27F2N5O6S. The lowest BCUT2D eigenvalue weighted by molar-refractivity contribution is -0.384. The first-order chi connectivity index (χ1) is 20.1. The van der Waals surface area contributed by atoms with Gasteiger partial charge in [0.15, 0.2) is 0 Å². The minimum atomic E-state index is -1.21. The number of nitro groups is 1. The quantitative estimate of drug-likeness (QED) is 0.220. The maximum absolute atomic E-state index is 14.8. The van der Waals surface area contributed by atoms with Gasteiger partial charge in [-0.05, 0) is 48.7 Å². The van der Waals surface area contributed by atoms with Crippen LogP contribution < -0.4 is 4.74 Å². The van der Waals surface area contributed by atoms with Crippen molar-refractivity contribution in [2.75, 3.05) is 27.7 Å². The van der Waals surface area contributed by atoms with Crippen molar-refractivity contribution in [3.05, 3.63) is 106 Å². The van der Waals surface area contributed by atoms with Crippen LogP contribution in [0.1, 0.15) is 24.0 Å². The van der Waals surface area contributed by atoms with Crippen LogP contribution in [0.5, 0.6) is 5.75 Å². The molecule has 0 saturated heterocycles. The molecule has 1 heterocycles. The molecule has 0 bridgehead atoms. The number of amides is 3. The summed E-state index contributed by atoms with van der Waals surface area (Å²) in [6.45, 7) is 0.187. The zero-order chi connectivity index (χ0) is 30.4. The Hall–Kier alpha value is -4.56. The van der Waals surface area contributed by atoms with Crippen LogP contribution in [-0.2, 0) is 9.71 Å². The zero-order valence-electron chi connectivity index (χ0n) is 22.9. The van der Waals surface area contributed by atoms with E-state index in [0.29, 0.717) is 12.0 Å². The molecule has 1 atom stereocenters. The molecule has 0 N–H and O–H groups in total. The number of thioether (sulfide) groups is 1. The molecule has 0 fully saturated rings. The van der Waals surface area contributed by atoms with Crippen LogP contribution in [0.3, 0.4) is 0 Å². The fourth-order valence-electron chi connectivity index (χ4n) is 4.22. The van der Waals surface area contributed by atoms with E-state index in [-0.39, 0.29) is 35.0 Å². The number of carbonyl (C=O) groups is 2. The number of hydrogen-bond donors (Lipinski definition) is 0. The molecule has 4 rings (SSSR count). The number of hydroxylamine groups is 2. The smallest absolute Gasteiger partial charge is 0.410 e. The maximum atomic E-state index is 14.8. The summed E-state index contributed by atoms with van der Waals surface area (Å²) in [5, 5.41) is 17.6. The Bertz CT molecular complexity index is 1490. The minimum absolute atomic E-state index is 0.0969. The third-order valence-electron chi connectivity index (χ3n) is 6.48. The molecule has 0 radical (unpaired) electrons. The maximum Gasteiger partial charge on any atom is 0.414 e. The first-order valence-electron chi connectivity index (χ1n) is 12.6. The molecule has 3 aromatic rings. The summed E-state index contributed by atoms with van der Waals surface area (Å²) in [6.07, 6.45) is -0.116. The van der Waals surface area contributed by atoms with Crippen molar-refractivity contribution in [1.82, 2.24) is 15.0 Å². The molecule has 11 nitrogen and oxygen atoms in total. The lowest BCUT2D eigenvalue weighted by Gasteiger charge is -2.37. The zero-order valence-corrected chi connectivity index (χ0v) is 23.7. The molecule has 1 aliphatic heterocycles. The first kappa shape index (κ1) is 30.4. The van der Waals surface area contributed by atoms with Gasteiger partial charge in [0, 0.05) is 38.3 Å². The number of halogens is 2. The molecule has 0 saturated carbocycles. The predicted octanol–water partition coefficient (Wildman–Crippen LogP) is 5.96. The van der Waals surface area contributed by atoms with E-state index in [2.05, 4.69) is 5.10 Å². The number of rotatable bonds is 9. The second-order valence-corrected chi connectivity index (χ2v) is 10.5. The molecule has 1 aliphatic rings. The van der Waals surface area contributed by atoms with Gasteiger partial charge < -0.3 is 9.64 Å². The van der Waals surface area contributed by atoms with Crippen molar-refractivity contribution >= 4 is 34.6 Å². The average molecular weight is 600 g/mol. The lowest BCUT2D eigenvalue weighted by Crippen LogP contribution is -2.47. The Kier molecular flexibility index (Phi) is 9.38. The predicted molar refractivity (Wildman–Crippen MR) is 152 cm³/mol. The summed E-state index contributed by atoms with van der Waals surface area (Å²) < 4.78 is 34.3. The topological polar surface area (TPSA) is 118 Å². The molecule has 220 valence electrons. The molecule has 3 amide bonds. The highest BCUT2D eigenvalue weighted by Crippen LogP contribution is 2.51. The third kappa shape index (κ3) is 6.50. The second kappa shape index (κ2) is 13.0. The number of hydrogen-bond acceptors (Lipinski definition) is 8. The summed E-state index contributed by atoms with van der Waals surface area (Å²) in [6, 6.07) is 16.4. The Labute approximate surface area is 244 Å². The van der Waals surface area contributed by atoms with Gasteiger partial charge in [-0.3, -0.25) is 15.0 Å². The summed E-state index contributed by atoms with van der Waals surface area (Å²) in [7, 11) is 4.24. The van der Waals surface area contributed by atoms with Crippen LogP contribution in [0.2, 0.25) is 0 Å². The van der Waals surface area contributed by atoms with E-state index in [1.54, 1.807) is 30.3 Å². The number of urea groups is 1. The van der Waals surface area contributed by atoms with Crippen molar-refractivity contribution in [1.29, 1.82) is 0 Å². The Morgan fingerprint density at radius 2 is 1.76 bits per heavy atom. The van der Waals surface area contributed by atoms with E-state index in [4.69, 9.17) is 9.57 Å². The molecule has 3 aromatic carbocycles. The normalized spacial score (nSPS) is 16.1. The molecule has 0 aromatic heterocycles. The highest BCUT2D eigenvalue weighted by atomic mass is 32.2. The van der Waals surface area contributed by atoms with Gasteiger partial charge in [-0.15, -0.1) is 0 Å². The highest BCUT2D eigenvalue weighted by Gasteiger charge is 2.49. The lowest BCUT2D eigenvalue weighted by atomic mass is 10.0. The largest absolute Gasteiger partial charge is 0.414 e. The van der Waals surface area contributed by atoms with E-state index in [1.165, 1.54) is 55.4 Å². The van der Waals surface area contributed by atoms with Crippen LogP contribution in [0.4, 0.5) is 24.1 Å². The van der Waals surface area contributed by atoms with E-state index >= 15 is 0 Å². The number of nitro benzene ring substituents is 1. The number of non-ortho nitro benzene ring substituents is 1. The molecule has 0 unspecified atom stereocenters. The van der Waals surface area contributed by atoms with Crippen LogP contribution >= 0.6 is 11.8 Å². The van der Waals surface area contributed by atoms with E-state index < -0.39 is 33.6 Å². The fraction of sp³-hybridized carbons (Fsp3) is 0.250. The fourth-order valence-corrected chi connectivity index (χ4v) is 5.63. The second-order valence-electron chi connectivity index (χ2n) is 9.20. The molecule has 0 aliphatic carbocycles. The Morgan fingerprint density at radius 1 is 1.07 bits per heavy atom. The number of nitrogens with zero attached hydrogens (tertiary/aromatic N) is 5. The standard InChI is InChI=1S/C28H27F2N5O6S/c1-32(27(37)41-22-13-11-21(12-14-22)35(38)39)17-7-16-28(19-8-5-4-6-9-19)34(26(36)33(2)40-3)31-25(42-28)23-18-20(29)10-15-24(23)30/h4-6,8-15,18H,7,16-17H2,1-3H3/t28-/m0/s1. The summed E-state index contributed by atoms with van der Waals surface area (Å²) in [5.74, 6) is -1.22. The Balaban J connectivity index is 1.59. The van der Waals surface area contributed by atoms with Crippen LogP contribution in [0, 0.1) is 21.7 Å². The van der Waals surface area contributed by atoms with Crippen molar-refractivity contribution < 1.29 is 32.9 Å². The van der Waals surface area contributed by atoms with Crippen LogP contribution in [0.25, 0.3) is 0 Å². The van der Waals surface area contributed by atoms with Gasteiger partial charge in [-0.2, -0.15) is 10.1 Å². The third-order valence-corrected chi connectivity index (χ3v) is 7.93. The summed E-state index contributed by atoms with van der Waals surface area (Å²) in [5.41, 5.74) is 0.431. The monoisotopic (exact) mass is 599 g/mol. The van der Waals surface area contributed by atoms with Gasteiger partial charge in [-0.1, -0.05) is 42.1 Å². The van der Waals surface area contributed by atoms with Crippen molar-refractivity contribution in [2.45, 2.75) is 17.7 Å². The van der Waals surface area contributed by atoms with Gasteiger partial charge in [0.1, 0.15) is 27.3 Å². The van der Waals surface area contributed by atoms with Crippen molar-refractivity contribution in [3.63, 3.8) is 0 Å². The van der Waals surface area contributed by atoms with Gasteiger partial charge in [-0.25, -0.2) is 23.4 Å². The summed E-state index contributed by atoms with van der Waals surface area (Å²) in [4.78, 5) is 41.7. The first-order valence-corrected chi connectivity index (χ1v) is 13.5. The number of hydrazone groups is 1. The number of benzene rings is 3. The number of carbonyl (C=O) groups excluding carboxylic acids is 2. The SMILES string of the molecule is CON(C)C(=O)N1N=C(c2cc(F)ccc2F)S[C@@]1(CCCN(C)C(=O)Oc1ccc([N+](=O)[O-])cc1)c1ccccc1. The van der Waals surface area contributed by atoms with E-state index in [0.717, 1.165) is 35.0 Å². The van der Waals surface area contributed by atoms with E-state index in [9.17, 15) is 28.5 Å². The van der Waals surface area contributed by atoms with Gasteiger partial charge in [0.25, 0.3) is 5.69 Å². The molecule has 42 heavy (non-hydrogen) atoms. The van der Waals surface area contributed by atoms with Crippen molar-refractivity contribution in [2.24, 2.45) is 5.10 Å². The summed E-state index contributed by atoms with van der Waals surface area (Å²) >= 11 is 1.09. The van der Waals surface area contributed by atoms with Gasteiger partial charge in [0.05, 0.1) is 12.0 Å². The van der Waals surface area contributed by atoms with Crippen molar-refractivity contribution in [3.8, 4) is 5.75 Å². The average Bonchev–Trinajstić information content (AvgIpc) is 3.38.